The third kappa shape index (κ3) is 5.26. The number of nitrogens with zero attached hydrogens (tertiary/aromatic N) is 2. The van der Waals surface area contributed by atoms with Crippen LogP contribution in [0.5, 0.6) is 0 Å². The molecule has 168 valence electrons. The van der Waals surface area contributed by atoms with Gasteiger partial charge < -0.3 is 15.8 Å². The lowest BCUT2D eigenvalue weighted by atomic mass is 10.1. The lowest BCUT2D eigenvalue weighted by Crippen LogP contribution is -2.19. The Labute approximate surface area is 191 Å². The number of nitrogens with one attached hydrogen (secondary N) is 2. The van der Waals surface area contributed by atoms with E-state index in [9.17, 15) is 19.2 Å². The molecule has 0 saturated carbocycles. The Kier molecular flexibility index (Phi) is 7.49. The van der Waals surface area contributed by atoms with E-state index in [1.54, 1.807) is 13.8 Å². The molecule has 3 aromatic rings. The van der Waals surface area contributed by atoms with Crippen LogP contribution in [0.2, 0.25) is 0 Å². The fraction of sp³-hybridized carbons (Fsp3) is 0.250. The Balaban J connectivity index is 1.74. The molecule has 12 heteroatoms. The average Bonchev–Trinajstić information content (AvgIpc) is 3.27. The van der Waals surface area contributed by atoms with E-state index in [1.807, 2.05) is 30.3 Å². The van der Waals surface area contributed by atoms with Crippen LogP contribution in [0, 0.1) is 6.92 Å². The lowest BCUT2D eigenvalue weighted by Gasteiger charge is -2.08. The summed E-state index contributed by atoms with van der Waals surface area (Å²) in [5.41, 5.74) is 6.36. The number of H-pyrrole nitrogens is 1. The summed E-state index contributed by atoms with van der Waals surface area (Å²) in [6.45, 7) is 3.67. The van der Waals surface area contributed by atoms with Crippen LogP contribution in [0.3, 0.4) is 0 Å². The van der Waals surface area contributed by atoms with Gasteiger partial charge in [-0.3, -0.25) is 14.2 Å². The Bertz CT molecular complexity index is 1200. The van der Waals surface area contributed by atoms with Gasteiger partial charge in [0.2, 0.25) is 5.91 Å². The Morgan fingerprint density at radius 1 is 1.28 bits per heavy atom. The van der Waals surface area contributed by atoms with Crippen molar-refractivity contribution < 1.29 is 19.1 Å². The van der Waals surface area contributed by atoms with Crippen LogP contribution in [0.4, 0.5) is 5.00 Å². The minimum absolute atomic E-state index is 0.0792. The molecule has 0 bridgehead atoms. The molecule has 2 amide bonds. The normalized spacial score (nSPS) is 10.7. The molecule has 4 N–H and O–H groups in total. The molecule has 0 radical (unpaired) electrons. The van der Waals surface area contributed by atoms with Crippen molar-refractivity contribution in [3.05, 3.63) is 62.4 Å². The highest BCUT2D eigenvalue weighted by atomic mass is 32.2. The van der Waals surface area contributed by atoms with Crippen LogP contribution in [-0.4, -0.2) is 44.9 Å². The van der Waals surface area contributed by atoms with Crippen molar-refractivity contribution in [3.63, 3.8) is 0 Å². The standard InChI is InChI=1S/C20H21N5O5S2/c1-3-30-18(28)14-11(2)15(16(21)27)32-17(14)22-13(26)10-31-20-24-23-19(29)25(20)9-12-7-5-4-6-8-12/h4-8H,3,9-10H2,1-2H3,(H2,21,27)(H,22,26)(H,23,29). The van der Waals surface area contributed by atoms with E-state index in [0.717, 1.165) is 28.7 Å². The van der Waals surface area contributed by atoms with Gasteiger partial charge in [0, 0.05) is 0 Å². The van der Waals surface area contributed by atoms with Gasteiger partial charge >= 0.3 is 11.7 Å². The number of amides is 2. The number of aromatic nitrogens is 3. The zero-order chi connectivity index (χ0) is 23.3. The molecule has 0 aliphatic heterocycles. The Morgan fingerprint density at radius 2 is 2.00 bits per heavy atom. The number of rotatable bonds is 9. The SMILES string of the molecule is CCOC(=O)c1c(NC(=O)CSc2n[nH]c(=O)n2Cc2ccccc2)sc(C(N)=O)c1C. The molecule has 0 spiro atoms. The molecule has 0 atom stereocenters. The lowest BCUT2D eigenvalue weighted by molar-refractivity contribution is -0.113. The first-order valence-corrected chi connectivity index (χ1v) is 11.3. The molecule has 0 saturated heterocycles. The van der Waals surface area contributed by atoms with Gasteiger partial charge in [0.1, 0.15) is 5.00 Å². The maximum atomic E-state index is 12.6. The van der Waals surface area contributed by atoms with Crippen molar-refractivity contribution >= 4 is 45.9 Å². The predicted octanol–water partition coefficient (Wildman–Crippen LogP) is 2.00. The highest BCUT2D eigenvalue weighted by molar-refractivity contribution is 7.99. The third-order valence-electron chi connectivity index (χ3n) is 4.34. The summed E-state index contributed by atoms with van der Waals surface area (Å²) in [6.07, 6.45) is 0. The van der Waals surface area contributed by atoms with Gasteiger partial charge in [-0.25, -0.2) is 14.7 Å². The van der Waals surface area contributed by atoms with Crippen LogP contribution in [0.15, 0.2) is 40.3 Å². The summed E-state index contributed by atoms with van der Waals surface area (Å²) in [7, 11) is 0. The average molecular weight is 476 g/mol. The third-order valence-corrected chi connectivity index (χ3v) is 6.54. The van der Waals surface area contributed by atoms with Crippen molar-refractivity contribution in [2.45, 2.75) is 25.5 Å². The van der Waals surface area contributed by atoms with Crippen LogP contribution in [-0.2, 0) is 16.1 Å². The largest absolute Gasteiger partial charge is 0.462 e. The number of thioether (sulfide) groups is 1. The number of carbonyl (C=O) groups excluding carboxylic acids is 3. The molecular formula is C20H21N5O5S2. The number of ether oxygens (including phenoxy) is 1. The summed E-state index contributed by atoms with van der Waals surface area (Å²) in [5.74, 6) is -1.88. The molecule has 3 rings (SSSR count). The molecule has 2 heterocycles. The molecule has 2 aromatic heterocycles. The number of carbonyl (C=O) groups is 3. The first-order chi connectivity index (χ1) is 15.3. The number of benzene rings is 1. The van der Waals surface area contributed by atoms with Crippen molar-refractivity contribution in [2.24, 2.45) is 5.73 Å². The molecule has 32 heavy (non-hydrogen) atoms. The highest BCUT2D eigenvalue weighted by Crippen LogP contribution is 2.33. The maximum Gasteiger partial charge on any atom is 0.344 e. The number of hydrogen-bond donors (Lipinski definition) is 3. The number of primary amides is 1. The van der Waals surface area contributed by atoms with E-state index >= 15 is 0 Å². The van der Waals surface area contributed by atoms with Gasteiger partial charge in [0.15, 0.2) is 5.16 Å². The number of anilines is 1. The maximum absolute atomic E-state index is 12.6. The van der Waals surface area contributed by atoms with Crippen LogP contribution < -0.4 is 16.7 Å². The van der Waals surface area contributed by atoms with Gasteiger partial charge in [-0.1, -0.05) is 42.1 Å². The molecule has 10 nitrogen and oxygen atoms in total. The molecular weight excluding hydrogens is 454 g/mol. The summed E-state index contributed by atoms with van der Waals surface area (Å²) >= 11 is 1.98. The zero-order valence-corrected chi connectivity index (χ0v) is 19.0. The number of nitrogens with two attached hydrogens (primary N) is 1. The smallest absolute Gasteiger partial charge is 0.344 e. The second-order valence-electron chi connectivity index (χ2n) is 6.56. The Morgan fingerprint density at radius 3 is 2.66 bits per heavy atom. The fourth-order valence-electron chi connectivity index (χ4n) is 2.90. The number of aromatic amines is 1. The topological polar surface area (TPSA) is 149 Å². The second kappa shape index (κ2) is 10.3. The first-order valence-electron chi connectivity index (χ1n) is 9.53. The van der Waals surface area contributed by atoms with Crippen LogP contribution >= 0.6 is 23.1 Å². The van der Waals surface area contributed by atoms with Crippen molar-refractivity contribution in [1.29, 1.82) is 0 Å². The summed E-state index contributed by atoms with van der Waals surface area (Å²) in [6, 6.07) is 9.37. The number of hydrogen-bond acceptors (Lipinski definition) is 8. The van der Waals surface area contributed by atoms with Gasteiger partial charge in [-0.15, -0.1) is 16.4 Å². The quantitative estimate of drug-likeness (QED) is 0.316. The van der Waals surface area contributed by atoms with E-state index in [-0.39, 0.29) is 33.5 Å². The highest BCUT2D eigenvalue weighted by Gasteiger charge is 2.25. The monoisotopic (exact) mass is 475 g/mol. The van der Waals surface area contributed by atoms with Gasteiger partial charge in [0.05, 0.1) is 29.3 Å². The summed E-state index contributed by atoms with van der Waals surface area (Å²) in [5, 5.41) is 9.53. The van der Waals surface area contributed by atoms with Crippen LogP contribution in [0.1, 0.15) is 38.1 Å². The van der Waals surface area contributed by atoms with Gasteiger partial charge in [-0.2, -0.15) is 0 Å². The number of thiophene rings is 1. The molecule has 0 aliphatic rings. The van der Waals surface area contributed by atoms with Crippen molar-refractivity contribution in [2.75, 3.05) is 17.7 Å². The van der Waals surface area contributed by atoms with E-state index in [2.05, 4.69) is 15.5 Å². The molecule has 0 unspecified atom stereocenters. The van der Waals surface area contributed by atoms with Gasteiger partial charge in [0.25, 0.3) is 5.91 Å². The minimum Gasteiger partial charge on any atom is -0.462 e. The number of esters is 1. The summed E-state index contributed by atoms with van der Waals surface area (Å²) < 4.78 is 6.46. The van der Waals surface area contributed by atoms with E-state index in [1.165, 1.54) is 4.57 Å². The molecule has 0 fully saturated rings. The fourth-order valence-corrected chi connectivity index (χ4v) is 4.71. The van der Waals surface area contributed by atoms with Crippen LogP contribution in [0.25, 0.3) is 0 Å². The van der Waals surface area contributed by atoms with Gasteiger partial charge in [-0.05, 0) is 25.0 Å². The zero-order valence-electron chi connectivity index (χ0n) is 17.3. The van der Waals surface area contributed by atoms with Crippen molar-refractivity contribution in [3.8, 4) is 0 Å². The van der Waals surface area contributed by atoms with Crippen molar-refractivity contribution in [1.82, 2.24) is 14.8 Å². The minimum atomic E-state index is -0.700. The van der Waals surface area contributed by atoms with E-state index in [0.29, 0.717) is 17.3 Å². The summed E-state index contributed by atoms with van der Waals surface area (Å²) in [4.78, 5) is 48.8. The molecule has 0 aliphatic carbocycles. The molecule has 1 aromatic carbocycles. The van der Waals surface area contributed by atoms with E-state index < -0.39 is 17.8 Å². The van der Waals surface area contributed by atoms with E-state index in [4.69, 9.17) is 10.5 Å². The first kappa shape index (κ1) is 23.3. The Hall–Kier alpha value is -3.38. The predicted molar refractivity (Wildman–Crippen MR) is 121 cm³/mol. The second-order valence-corrected chi connectivity index (χ2v) is 8.53.